The highest BCUT2D eigenvalue weighted by molar-refractivity contribution is 5.79. The predicted octanol–water partition coefficient (Wildman–Crippen LogP) is 2.83. The lowest BCUT2D eigenvalue weighted by atomic mass is 10.1. The molecule has 1 aromatic heterocycles. The average Bonchev–Trinajstić information content (AvgIpc) is 3.32. The van der Waals surface area contributed by atoms with Gasteiger partial charge in [0.15, 0.2) is 5.96 Å². The van der Waals surface area contributed by atoms with E-state index in [-0.39, 0.29) is 5.82 Å². The average molecular weight is 432 g/mol. The van der Waals surface area contributed by atoms with E-state index in [0.29, 0.717) is 31.4 Å². The van der Waals surface area contributed by atoms with Crippen LogP contribution in [0.15, 0.2) is 46.0 Å². The van der Waals surface area contributed by atoms with Gasteiger partial charge in [-0.25, -0.2) is 4.39 Å². The number of anilines is 1. The maximum absolute atomic E-state index is 14.7. The Kier molecular flexibility index (Phi) is 9.17. The summed E-state index contributed by atoms with van der Waals surface area (Å²) >= 11 is 0. The molecular formula is C23H34FN5O2. The second kappa shape index (κ2) is 12.3. The fraction of sp³-hybridized carbons (Fsp3) is 0.522. The Hall–Kier alpha value is -2.58. The highest BCUT2D eigenvalue weighted by Crippen LogP contribution is 2.22. The number of likely N-dealkylation sites (N-methyl/N-ethyl adjacent to an activating group) is 1. The van der Waals surface area contributed by atoms with Crippen molar-refractivity contribution in [3.63, 3.8) is 0 Å². The molecule has 2 aromatic rings. The zero-order chi connectivity index (χ0) is 21.9. The molecule has 1 aliphatic rings. The van der Waals surface area contributed by atoms with Crippen molar-refractivity contribution in [3.05, 3.63) is 53.7 Å². The molecule has 2 heterocycles. The smallest absolute Gasteiger partial charge is 0.191 e. The van der Waals surface area contributed by atoms with E-state index in [1.54, 1.807) is 19.4 Å². The predicted molar refractivity (Wildman–Crippen MR) is 122 cm³/mol. The lowest BCUT2D eigenvalue weighted by Gasteiger charge is -2.35. The van der Waals surface area contributed by atoms with E-state index >= 15 is 0 Å². The zero-order valence-corrected chi connectivity index (χ0v) is 18.6. The third-order valence-corrected chi connectivity index (χ3v) is 5.44. The second-order valence-electron chi connectivity index (χ2n) is 7.55. The van der Waals surface area contributed by atoms with Crippen molar-refractivity contribution in [3.8, 4) is 0 Å². The van der Waals surface area contributed by atoms with Crippen molar-refractivity contribution in [2.24, 2.45) is 4.99 Å². The number of benzene rings is 1. The lowest BCUT2D eigenvalue weighted by molar-refractivity contribution is 0.105. The number of ether oxygens (including phenoxy) is 1. The summed E-state index contributed by atoms with van der Waals surface area (Å²) in [7, 11) is 1.72. The summed E-state index contributed by atoms with van der Waals surface area (Å²) in [6.45, 7) is 9.26. The van der Waals surface area contributed by atoms with Crippen molar-refractivity contribution in [2.75, 3.05) is 57.8 Å². The van der Waals surface area contributed by atoms with Crippen LogP contribution >= 0.6 is 0 Å². The Labute approximate surface area is 184 Å². The molecule has 0 spiro atoms. The Bertz CT molecular complexity index is 804. The second-order valence-corrected chi connectivity index (χ2v) is 7.55. The number of furan rings is 1. The number of aliphatic imine (C=N–C) groups is 1. The van der Waals surface area contributed by atoms with Crippen molar-refractivity contribution >= 4 is 11.6 Å². The number of rotatable bonds is 10. The Balaban J connectivity index is 1.36. The lowest BCUT2D eigenvalue weighted by Crippen LogP contribution is -2.46. The third-order valence-electron chi connectivity index (χ3n) is 5.44. The molecule has 0 saturated carbocycles. The van der Waals surface area contributed by atoms with E-state index in [1.807, 2.05) is 24.3 Å². The van der Waals surface area contributed by atoms with Crippen molar-refractivity contribution < 1.29 is 13.5 Å². The molecule has 2 N–H and O–H groups in total. The maximum atomic E-state index is 14.7. The first-order chi connectivity index (χ1) is 15.2. The minimum absolute atomic E-state index is 0.166. The molecular weight excluding hydrogens is 397 g/mol. The number of nitrogens with one attached hydrogen (secondary N) is 2. The number of guanidine groups is 1. The van der Waals surface area contributed by atoms with Gasteiger partial charge in [-0.1, -0.05) is 13.0 Å². The summed E-state index contributed by atoms with van der Waals surface area (Å²) in [6, 6.07) is 9.23. The van der Waals surface area contributed by atoms with Crippen LogP contribution in [-0.4, -0.2) is 63.8 Å². The molecule has 0 atom stereocenters. The van der Waals surface area contributed by atoms with Crippen LogP contribution in [-0.2, 0) is 17.9 Å². The van der Waals surface area contributed by atoms with Crippen molar-refractivity contribution in [2.45, 2.75) is 26.5 Å². The van der Waals surface area contributed by atoms with E-state index in [1.165, 1.54) is 0 Å². The van der Waals surface area contributed by atoms with Gasteiger partial charge in [0, 0.05) is 52.9 Å². The van der Waals surface area contributed by atoms with E-state index in [9.17, 15) is 4.39 Å². The van der Waals surface area contributed by atoms with Gasteiger partial charge in [0.25, 0.3) is 0 Å². The molecule has 1 aromatic carbocycles. The van der Waals surface area contributed by atoms with E-state index in [0.717, 1.165) is 57.0 Å². The molecule has 7 nitrogen and oxygen atoms in total. The van der Waals surface area contributed by atoms with Gasteiger partial charge in [0.05, 0.1) is 12.0 Å². The van der Waals surface area contributed by atoms with Crippen LogP contribution in [0.2, 0.25) is 0 Å². The summed E-state index contributed by atoms with van der Waals surface area (Å²) in [5.41, 5.74) is 1.58. The van der Waals surface area contributed by atoms with Gasteiger partial charge in [-0.15, -0.1) is 0 Å². The van der Waals surface area contributed by atoms with Crippen LogP contribution in [0.4, 0.5) is 10.1 Å². The molecule has 0 amide bonds. The van der Waals surface area contributed by atoms with Crippen LogP contribution in [0, 0.1) is 5.82 Å². The molecule has 1 fully saturated rings. The van der Waals surface area contributed by atoms with Gasteiger partial charge in [0.2, 0.25) is 0 Å². The number of hydrogen-bond acceptors (Lipinski definition) is 5. The van der Waals surface area contributed by atoms with Crippen LogP contribution < -0.4 is 15.5 Å². The van der Waals surface area contributed by atoms with Gasteiger partial charge in [-0.3, -0.25) is 4.99 Å². The highest BCUT2D eigenvalue weighted by Gasteiger charge is 2.18. The standard InChI is InChI=1S/C23H34FN5O2/c1-3-28-10-12-29(13-11-28)22-8-7-19(16-21(22)24)17-27-23(25-2)26-9-5-14-30-18-20-6-4-15-31-20/h4,6-8,15-16H,3,5,9-14,17-18H2,1-2H3,(H2,25,26,27). The molecule has 3 rings (SSSR count). The molecule has 1 saturated heterocycles. The molecule has 0 radical (unpaired) electrons. The molecule has 31 heavy (non-hydrogen) atoms. The molecule has 1 aliphatic heterocycles. The Morgan fingerprint density at radius 2 is 2.03 bits per heavy atom. The maximum Gasteiger partial charge on any atom is 0.191 e. The first-order valence-electron chi connectivity index (χ1n) is 11.0. The highest BCUT2D eigenvalue weighted by atomic mass is 19.1. The largest absolute Gasteiger partial charge is 0.467 e. The normalized spacial score (nSPS) is 15.3. The van der Waals surface area contributed by atoms with Crippen molar-refractivity contribution in [1.29, 1.82) is 0 Å². The Morgan fingerprint density at radius 1 is 1.19 bits per heavy atom. The Morgan fingerprint density at radius 3 is 2.71 bits per heavy atom. The van der Waals surface area contributed by atoms with Gasteiger partial charge >= 0.3 is 0 Å². The van der Waals surface area contributed by atoms with Crippen molar-refractivity contribution in [1.82, 2.24) is 15.5 Å². The minimum Gasteiger partial charge on any atom is -0.467 e. The number of halogens is 1. The van der Waals surface area contributed by atoms with Crippen LogP contribution in [0.1, 0.15) is 24.7 Å². The molecule has 0 unspecified atom stereocenters. The monoisotopic (exact) mass is 431 g/mol. The number of hydrogen-bond donors (Lipinski definition) is 2. The van der Waals surface area contributed by atoms with E-state index < -0.39 is 0 Å². The quantitative estimate of drug-likeness (QED) is 0.343. The fourth-order valence-corrected chi connectivity index (χ4v) is 3.58. The van der Waals surface area contributed by atoms with Gasteiger partial charge in [-0.05, 0) is 42.8 Å². The summed E-state index contributed by atoms with van der Waals surface area (Å²) in [5, 5.41) is 6.48. The molecule has 0 aliphatic carbocycles. The first-order valence-corrected chi connectivity index (χ1v) is 11.0. The molecule has 170 valence electrons. The first kappa shape index (κ1) is 23.1. The summed E-state index contributed by atoms with van der Waals surface area (Å²) in [5.74, 6) is 1.35. The third kappa shape index (κ3) is 7.25. The van der Waals surface area contributed by atoms with Crippen LogP contribution in [0.25, 0.3) is 0 Å². The van der Waals surface area contributed by atoms with E-state index in [4.69, 9.17) is 9.15 Å². The van der Waals surface area contributed by atoms with Gasteiger partial charge in [-0.2, -0.15) is 0 Å². The molecule has 0 bridgehead atoms. The summed E-state index contributed by atoms with van der Waals surface area (Å²) in [6.07, 6.45) is 2.49. The van der Waals surface area contributed by atoms with Crippen LogP contribution in [0.3, 0.4) is 0 Å². The minimum atomic E-state index is -0.166. The summed E-state index contributed by atoms with van der Waals surface area (Å²) in [4.78, 5) is 8.74. The van der Waals surface area contributed by atoms with Gasteiger partial charge < -0.3 is 29.6 Å². The molecule has 8 heteroatoms. The topological polar surface area (TPSA) is 65.3 Å². The summed E-state index contributed by atoms with van der Waals surface area (Å²) < 4.78 is 25.5. The number of nitrogens with zero attached hydrogens (tertiary/aromatic N) is 3. The zero-order valence-electron chi connectivity index (χ0n) is 18.6. The fourth-order valence-electron chi connectivity index (χ4n) is 3.58. The van der Waals surface area contributed by atoms with Crippen LogP contribution in [0.5, 0.6) is 0 Å². The van der Waals surface area contributed by atoms with E-state index in [2.05, 4.69) is 32.3 Å². The van der Waals surface area contributed by atoms with Gasteiger partial charge in [0.1, 0.15) is 18.2 Å². The number of piperazine rings is 1. The SMILES string of the molecule is CCN1CCN(c2ccc(CNC(=NC)NCCCOCc3ccco3)cc2F)CC1.